The minimum absolute atomic E-state index is 0.00972. The van der Waals surface area contributed by atoms with Crippen molar-refractivity contribution in [2.45, 2.75) is 96.8 Å². The first kappa shape index (κ1) is 21.4. The van der Waals surface area contributed by atoms with Crippen LogP contribution >= 0.6 is 0 Å². The number of hydrogen-bond donors (Lipinski definition) is 2. The predicted molar refractivity (Wildman–Crippen MR) is 105 cm³/mol. The molecule has 1 aromatic heterocycles. The van der Waals surface area contributed by atoms with Crippen LogP contribution in [0.3, 0.4) is 0 Å². The lowest BCUT2D eigenvalue weighted by atomic mass is 10.1. The molecule has 5 heteroatoms. The Balaban J connectivity index is 1.89. The van der Waals surface area contributed by atoms with Gasteiger partial charge in [0, 0.05) is 0 Å². The van der Waals surface area contributed by atoms with E-state index in [-0.39, 0.29) is 5.69 Å². The van der Waals surface area contributed by atoms with Crippen LogP contribution in [0.2, 0.25) is 0 Å². The van der Waals surface area contributed by atoms with E-state index >= 15 is 0 Å². The summed E-state index contributed by atoms with van der Waals surface area (Å²) in [5.41, 5.74) is 0.228. The van der Waals surface area contributed by atoms with Gasteiger partial charge < -0.3 is 0 Å². The molecule has 0 aliphatic carbocycles. The Bertz CT molecular complexity index is 531. The summed E-state index contributed by atoms with van der Waals surface area (Å²) < 4.78 is 0. The zero-order chi connectivity index (χ0) is 18.2. The average Bonchev–Trinajstić information content (AvgIpc) is 2.98. The van der Waals surface area contributed by atoms with E-state index in [0.29, 0.717) is 12.1 Å². The number of unbranched alkanes of at least 4 members (excludes halogenated alkanes) is 11. The maximum Gasteiger partial charge on any atom is 0.293 e. The van der Waals surface area contributed by atoms with Crippen molar-refractivity contribution in [2.24, 2.45) is 5.18 Å². The molecule has 0 bridgehead atoms. The molecule has 25 heavy (non-hydrogen) atoms. The molecule has 0 saturated heterocycles. The highest BCUT2D eigenvalue weighted by Crippen LogP contribution is 2.15. The van der Waals surface area contributed by atoms with Crippen LogP contribution in [-0.4, -0.2) is 10.2 Å². The molecule has 1 rings (SSSR count). The van der Waals surface area contributed by atoms with Crippen molar-refractivity contribution >= 4 is 5.69 Å². The molecule has 2 N–H and O–H groups in total. The summed E-state index contributed by atoms with van der Waals surface area (Å²) in [7, 11) is 0. The second-order valence-corrected chi connectivity index (χ2v) is 6.83. The molecular formula is C20H35N3O2. The van der Waals surface area contributed by atoms with Crippen molar-refractivity contribution in [1.82, 2.24) is 10.2 Å². The van der Waals surface area contributed by atoms with Crippen LogP contribution < -0.4 is 5.56 Å². The van der Waals surface area contributed by atoms with Crippen LogP contribution in [0.15, 0.2) is 22.1 Å². The number of aryl methyl sites for hydroxylation is 1. The fraction of sp³-hybridized carbons (Fsp3) is 0.750. The molecule has 0 spiro atoms. The number of nitrogens with one attached hydrogen (secondary N) is 2. The van der Waals surface area contributed by atoms with Crippen molar-refractivity contribution < 1.29 is 0 Å². The van der Waals surface area contributed by atoms with Gasteiger partial charge in [-0.2, -0.15) is 0 Å². The van der Waals surface area contributed by atoms with Crippen LogP contribution in [0.5, 0.6) is 0 Å². The van der Waals surface area contributed by atoms with E-state index in [4.69, 9.17) is 0 Å². The number of hydrogen-bond acceptors (Lipinski definition) is 3. The number of aromatic amines is 2. The number of H-pyrrole nitrogens is 2. The predicted octanol–water partition coefficient (Wildman–Crippen LogP) is 6.29. The zero-order valence-electron chi connectivity index (χ0n) is 15.8. The molecule has 0 radical (unpaired) electrons. The SMILES string of the molecule is CCCCCCCC/C=C/CCCCCCCc1[nH][nH]c(=O)c1N=O. The van der Waals surface area contributed by atoms with Gasteiger partial charge in [0.25, 0.3) is 5.56 Å². The van der Waals surface area contributed by atoms with E-state index in [2.05, 4.69) is 34.5 Å². The van der Waals surface area contributed by atoms with Crippen molar-refractivity contribution in [3.05, 3.63) is 33.1 Å². The molecule has 0 fully saturated rings. The first-order valence-corrected chi connectivity index (χ1v) is 10.1. The van der Waals surface area contributed by atoms with E-state index in [0.717, 1.165) is 12.8 Å². The van der Waals surface area contributed by atoms with Crippen LogP contribution in [0.25, 0.3) is 0 Å². The Morgan fingerprint density at radius 3 is 1.96 bits per heavy atom. The highest BCUT2D eigenvalue weighted by atomic mass is 16.3. The van der Waals surface area contributed by atoms with Gasteiger partial charge in [-0.1, -0.05) is 70.4 Å². The van der Waals surface area contributed by atoms with Gasteiger partial charge in [0.2, 0.25) is 0 Å². The minimum atomic E-state index is -0.419. The van der Waals surface area contributed by atoms with Crippen molar-refractivity contribution in [2.75, 3.05) is 0 Å². The lowest BCUT2D eigenvalue weighted by Gasteiger charge is -2.00. The van der Waals surface area contributed by atoms with Gasteiger partial charge in [0.15, 0.2) is 5.69 Å². The molecule has 0 saturated carbocycles. The number of nitroso groups, excluding NO2 is 1. The molecule has 142 valence electrons. The van der Waals surface area contributed by atoms with E-state index in [9.17, 15) is 9.70 Å². The molecule has 1 heterocycles. The second kappa shape index (κ2) is 14.7. The zero-order valence-corrected chi connectivity index (χ0v) is 15.8. The normalized spacial score (nSPS) is 11.4. The van der Waals surface area contributed by atoms with Crippen LogP contribution in [0, 0.1) is 4.91 Å². The third kappa shape index (κ3) is 10.0. The fourth-order valence-electron chi connectivity index (χ4n) is 3.04. The first-order chi connectivity index (χ1) is 12.3. The summed E-state index contributed by atoms with van der Waals surface area (Å²) in [6.45, 7) is 2.26. The number of nitrogens with zero attached hydrogens (tertiary/aromatic N) is 1. The Morgan fingerprint density at radius 2 is 1.36 bits per heavy atom. The Morgan fingerprint density at radius 1 is 0.800 bits per heavy atom. The topological polar surface area (TPSA) is 78.1 Å². The smallest absolute Gasteiger partial charge is 0.293 e. The quantitative estimate of drug-likeness (QED) is 0.209. The Labute approximate surface area is 151 Å². The van der Waals surface area contributed by atoms with Crippen LogP contribution in [0.4, 0.5) is 5.69 Å². The van der Waals surface area contributed by atoms with Gasteiger partial charge in [0.1, 0.15) is 0 Å². The first-order valence-electron chi connectivity index (χ1n) is 10.1. The third-order valence-corrected chi connectivity index (χ3v) is 4.61. The van der Waals surface area contributed by atoms with Crippen molar-refractivity contribution in [1.29, 1.82) is 0 Å². The highest BCUT2D eigenvalue weighted by Gasteiger charge is 2.09. The molecule has 0 atom stereocenters. The summed E-state index contributed by atoms with van der Waals surface area (Å²) in [6.07, 6.45) is 21.8. The van der Waals surface area contributed by atoms with E-state index in [1.807, 2.05) is 0 Å². The largest absolute Gasteiger partial charge is 0.300 e. The molecule has 0 aliphatic rings. The molecule has 5 nitrogen and oxygen atoms in total. The number of allylic oxidation sites excluding steroid dienone is 2. The maximum atomic E-state index is 11.2. The summed E-state index contributed by atoms with van der Waals surface area (Å²) in [4.78, 5) is 21.8. The fourth-order valence-corrected chi connectivity index (χ4v) is 3.04. The molecular weight excluding hydrogens is 314 g/mol. The summed E-state index contributed by atoms with van der Waals surface area (Å²) >= 11 is 0. The van der Waals surface area contributed by atoms with E-state index in [1.54, 1.807) is 0 Å². The number of rotatable bonds is 16. The van der Waals surface area contributed by atoms with E-state index in [1.165, 1.54) is 70.6 Å². The monoisotopic (exact) mass is 349 g/mol. The Hall–Kier alpha value is -1.65. The molecule has 0 aromatic carbocycles. The van der Waals surface area contributed by atoms with Gasteiger partial charge in [-0.15, -0.1) is 4.91 Å². The number of aromatic nitrogens is 2. The van der Waals surface area contributed by atoms with Crippen LogP contribution in [0.1, 0.15) is 96.1 Å². The highest BCUT2D eigenvalue weighted by molar-refractivity contribution is 5.38. The second-order valence-electron chi connectivity index (χ2n) is 6.83. The lowest BCUT2D eigenvalue weighted by molar-refractivity contribution is 0.608. The standard InChI is InChI=1S/C20H35N3O2/c1-2-3-4-5-6-7-8-9-10-11-12-13-14-15-16-17-18-19(23-25)20(24)22-21-18/h9-10H,2-8,11-17H2,1H3,(H2,21,22,24)/b10-9+. The Kier molecular flexibility index (Phi) is 12.6. The summed E-state index contributed by atoms with van der Waals surface area (Å²) in [5, 5.41) is 7.93. The van der Waals surface area contributed by atoms with E-state index < -0.39 is 5.56 Å². The molecule has 0 unspecified atom stereocenters. The van der Waals surface area contributed by atoms with Crippen LogP contribution in [-0.2, 0) is 6.42 Å². The van der Waals surface area contributed by atoms with Gasteiger partial charge in [-0.3, -0.25) is 15.0 Å². The molecule has 1 aromatic rings. The average molecular weight is 350 g/mol. The maximum absolute atomic E-state index is 11.2. The molecule has 0 aliphatic heterocycles. The van der Waals surface area contributed by atoms with Crippen molar-refractivity contribution in [3.63, 3.8) is 0 Å². The summed E-state index contributed by atoms with van der Waals surface area (Å²) in [5.74, 6) is 0. The van der Waals surface area contributed by atoms with Gasteiger partial charge >= 0.3 is 0 Å². The lowest BCUT2D eigenvalue weighted by Crippen LogP contribution is -1.96. The van der Waals surface area contributed by atoms with Gasteiger partial charge in [-0.25, -0.2) is 0 Å². The third-order valence-electron chi connectivity index (χ3n) is 4.61. The summed E-state index contributed by atoms with van der Waals surface area (Å²) in [6, 6.07) is 0. The molecule has 0 amide bonds. The van der Waals surface area contributed by atoms with Crippen molar-refractivity contribution in [3.8, 4) is 0 Å². The van der Waals surface area contributed by atoms with Gasteiger partial charge in [0.05, 0.1) is 5.69 Å². The minimum Gasteiger partial charge on any atom is -0.300 e. The van der Waals surface area contributed by atoms with Gasteiger partial charge in [-0.05, 0) is 43.7 Å².